The number of rotatable bonds is 6. The number of phenols is 1. The van der Waals surface area contributed by atoms with Gasteiger partial charge in [0, 0.05) is 18.3 Å². The van der Waals surface area contributed by atoms with Crippen LogP contribution in [0.1, 0.15) is 16.1 Å². The van der Waals surface area contributed by atoms with Crippen molar-refractivity contribution in [2.75, 3.05) is 0 Å². The number of imidazole rings is 2. The molecule has 1 aromatic carbocycles. The second-order valence-corrected chi connectivity index (χ2v) is 7.01. The number of thiophene rings is 1. The molecule has 0 saturated carbocycles. The summed E-state index contributed by atoms with van der Waals surface area (Å²) >= 11 is 1.46. The molecule has 0 aliphatic carbocycles. The lowest BCUT2D eigenvalue weighted by atomic mass is 10.1. The second-order valence-electron chi connectivity index (χ2n) is 6.06. The number of fused-ring (bicyclic) bond motifs is 1. The van der Waals surface area contributed by atoms with E-state index >= 15 is 0 Å². The maximum Gasteiger partial charge on any atom is 0.326 e. The fourth-order valence-electron chi connectivity index (χ4n) is 2.84. The van der Waals surface area contributed by atoms with E-state index in [1.807, 2.05) is 17.5 Å². The van der Waals surface area contributed by atoms with Crippen LogP contribution < -0.4 is 5.32 Å². The summed E-state index contributed by atoms with van der Waals surface area (Å²) in [4.78, 5) is 39.3. The van der Waals surface area contributed by atoms with Crippen LogP contribution in [-0.2, 0) is 11.2 Å². The lowest BCUT2D eigenvalue weighted by Gasteiger charge is -2.14. The Morgan fingerprint density at radius 2 is 2.14 bits per heavy atom. The lowest BCUT2D eigenvalue weighted by molar-refractivity contribution is -0.139. The molecular formula is C18H15N5O4S. The summed E-state index contributed by atoms with van der Waals surface area (Å²) < 4.78 is 0. The molecule has 28 heavy (non-hydrogen) atoms. The summed E-state index contributed by atoms with van der Waals surface area (Å²) in [6, 6.07) is 5.38. The highest BCUT2D eigenvalue weighted by Crippen LogP contribution is 2.30. The number of hydrogen-bond acceptors (Lipinski definition) is 6. The van der Waals surface area contributed by atoms with Crippen LogP contribution >= 0.6 is 11.3 Å². The van der Waals surface area contributed by atoms with Crippen LogP contribution in [0.3, 0.4) is 0 Å². The topological polar surface area (TPSA) is 144 Å². The van der Waals surface area contributed by atoms with E-state index in [-0.39, 0.29) is 23.3 Å². The monoisotopic (exact) mass is 397 g/mol. The van der Waals surface area contributed by atoms with E-state index in [1.54, 1.807) is 0 Å². The zero-order valence-corrected chi connectivity index (χ0v) is 15.2. The van der Waals surface area contributed by atoms with Gasteiger partial charge < -0.3 is 25.5 Å². The predicted octanol–water partition coefficient (Wildman–Crippen LogP) is 2.15. The Kier molecular flexibility index (Phi) is 4.53. The van der Waals surface area contributed by atoms with Crippen molar-refractivity contribution in [3.8, 4) is 16.5 Å². The fraction of sp³-hybridized carbons (Fsp3) is 0.111. The molecule has 0 radical (unpaired) electrons. The highest BCUT2D eigenvalue weighted by Gasteiger charge is 2.24. The Balaban J connectivity index is 1.66. The molecule has 0 aliphatic heterocycles. The fourth-order valence-corrected chi connectivity index (χ4v) is 3.51. The van der Waals surface area contributed by atoms with Crippen molar-refractivity contribution >= 4 is 34.2 Å². The molecule has 0 fully saturated rings. The summed E-state index contributed by atoms with van der Waals surface area (Å²) in [6.07, 6.45) is 3.00. The third-order valence-corrected chi connectivity index (χ3v) is 5.08. The van der Waals surface area contributed by atoms with Crippen LogP contribution in [0.2, 0.25) is 0 Å². The number of benzene rings is 1. The third kappa shape index (κ3) is 3.32. The first-order valence-electron chi connectivity index (χ1n) is 8.29. The number of carboxylic acid groups (broad SMARTS) is 1. The van der Waals surface area contributed by atoms with Gasteiger partial charge in [-0.3, -0.25) is 4.79 Å². The molecule has 9 nitrogen and oxygen atoms in total. The van der Waals surface area contributed by atoms with Crippen molar-refractivity contribution in [1.29, 1.82) is 0 Å². The van der Waals surface area contributed by atoms with E-state index < -0.39 is 17.9 Å². The minimum absolute atomic E-state index is 0.0471. The number of hydrogen-bond donors (Lipinski definition) is 5. The van der Waals surface area contributed by atoms with Crippen LogP contribution in [0.4, 0.5) is 0 Å². The van der Waals surface area contributed by atoms with Gasteiger partial charge in [0.2, 0.25) is 0 Å². The largest absolute Gasteiger partial charge is 0.506 e. The maximum atomic E-state index is 12.8. The third-order valence-electron chi connectivity index (χ3n) is 4.20. The zero-order valence-electron chi connectivity index (χ0n) is 14.3. The minimum Gasteiger partial charge on any atom is -0.506 e. The number of aliphatic carboxylic acids is 1. The van der Waals surface area contributed by atoms with Gasteiger partial charge in [-0.15, -0.1) is 11.3 Å². The molecular weight excluding hydrogens is 382 g/mol. The van der Waals surface area contributed by atoms with Gasteiger partial charge in [0.1, 0.15) is 28.6 Å². The summed E-state index contributed by atoms with van der Waals surface area (Å²) in [6.45, 7) is 0. The molecule has 10 heteroatoms. The molecule has 4 aromatic rings. The average Bonchev–Trinajstić information content (AvgIpc) is 3.42. The highest BCUT2D eigenvalue weighted by atomic mass is 32.1. The molecule has 1 amide bonds. The molecule has 0 unspecified atom stereocenters. The van der Waals surface area contributed by atoms with Crippen molar-refractivity contribution in [2.24, 2.45) is 0 Å². The van der Waals surface area contributed by atoms with E-state index in [9.17, 15) is 19.8 Å². The number of carbonyl (C=O) groups excluding carboxylic acids is 1. The molecule has 1 atom stereocenters. The van der Waals surface area contributed by atoms with Crippen LogP contribution in [-0.4, -0.2) is 48.1 Å². The standard InChI is InChI=1S/C18H15N5O4S/c24-12-4-3-10(14-15(12)23-16(22-14)13-2-1-5-28-13)17(25)21-11(18(26)27)6-9-7-19-8-20-9/h1-5,7-8,11,24H,6H2,(H,19,20)(H,21,25)(H,22,23)(H,26,27)/t11-/m0/s1. The number of aromatic hydroxyl groups is 1. The summed E-state index contributed by atoms with van der Waals surface area (Å²) in [5.74, 6) is -1.29. The number of carboxylic acids is 1. The molecule has 5 N–H and O–H groups in total. The quantitative estimate of drug-likeness (QED) is 0.337. The number of nitrogens with zero attached hydrogens (tertiary/aromatic N) is 2. The van der Waals surface area contributed by atoms with Crippen LogP contribution in [0.15, 0.2) is 42.2 Å². The van der Waals surface area contributed by atoms with Crippen molar-refractivity contribution in [3.05, 3.63) is 53.4 Å². The van der Waals surface area contributed by atoms with Gasteiger partial charge in [0.15, 0.2) is 0 Å². The number of phenolic OH excluding ortho intramolecular Hbond substituents is 1. The number of H-pyrrole nitrogens is 2. The number of aromatic nitrogens is 4. The molecule has 142 valence electrons. The second kappa shape index (κ2) is 7.16. The zero-order chi connectivity index (χ0) is 19.7. The average molecular weight is 397 g/mol. The van der Waals surface area contributed by atoms with Crippen LogP contribution in [0, 0.1) is 0 Å². The number of carbonyl (C=O) groups is 2. The predicted molar refractivity (Wildman–Crippen MR) is 102 cm³/mol. The van der Waals surface area contributed by atoms with Crippen LogP contribution in [0.25, 0.3) is 21.7 Å². The van der Waals surface area contributed by atoms with E-state index in [1.165, 1.54) is 36.0 Å². The number of nitrogens with one attached hydrogen (secondary N) is 3. The normalized spacial score (nSPS) is 12.1. The van der Waals surface area contributed by atoms with Gasteiger partial charge in [-0.2, -0.15) is 0 Å². The molecule has 0 spiro atoms. The van der Waals surface area contributed by atoms with Gasteiger partial charge in [-0.25, -0.2) is 14.8 Å². The first-order chi connectivity index (χ1) is 13.5. The van der Waals surface area contributed by atoms with Crippen molar-refractivity contribution in [2.45, 2.75) is 12.5 Å². The van der Waals surface area contributed by atoms with Crippen LogP contribution in [0.5, 0.6) is 5.75 Å². The first-order valence-corrected chi connectivity index (χ1v) is 9.17. The van der Waals surface area contributed by atoms with E-state index in [0.717, 1.165) is 4.88 Å². The minimum atomic E-state index is -1.17. The summed E-state index contributed by atoms with van der Waals surface area (Å²) in [5.41, 5.74) is 1.34. The molecule has 3 aromatic heterocycles. The first kappa shape index (κ1) is 17.7. The Morgan fingerprint density at radius 1 is 1.29 bits per heavy atom. The van der Waals surface area contributed by atoms with Gasteiger partial charge >= 0.3 is 5.97 Å². The van der Waals surface area contributed by atoms with E-state index in [2.05, 4.69) is 25.3 Å². The molecule has 0 bridgehead atoms. The van der Waals surface area contributed by atoms with Gasteiger partial charge in [-0.1, -0.05) is 6.07 Å². The smallest absolute Gasteiger partial charge is 0.326 e. The maximum absolute atomic E-state index is 12.8. The van der Waals surface area contributed by atoms with Crippen molar-refractivity contribution in [3.63, 3.8) is 0 Å². The molecule has 0 aliphatic rings. The number of amides is 1. The van der Waals surface area contributed by atoms with Crippen molar-refractivity contribution < 1.29 is 19.8 Å². The Hall–Kier alpha value is -3.66. The van der Waals surface area contributed by atoms with Gasteiger partial charge in [-0.05, 0) is 23.6 Å². The molecule has 4 rings (SSSR count). The lowest BCUT2D eigenvalue weighted by Crippen LogP contribution is -2.42. The highest BCUT2D eigenvalue weighted by molar-refractivity contribution is 7.13. The Bertz CT molecular complexity index is 1130. The number of aromatic amines is 2. The van der Waals surface area contributed by atoms with E-state index in [4.69, 9.17) is 0 Å². The van der Waals surface area contributed by atoms with E-state index in [0.29, 0.717) is 17.0 Å². The SMILES string of the molecule is O=C(N[C@@H](Cc1cnc[nH]1)C(=O)O)c1ccc(O)c2[nH]c(-c3cccs3)nc12. The van der Waals surface area contributed by atoms with Gasteiger partial charge in [0.25, 0.3) is 5.91 Å². The Morgan fingerprint density at radius 3 is 2.82 bits per heavy atom. The summed E-state index contributed by atoms with van der Waals surface area (Å²) in [7, 11) is 0. The molecule has 0 saturated heterocycles. The summed E-state index contributed by atoms with van der Waals surface area (Å²) in [5, 5.41) is 24.0. The van der Waals surface area contributed by atoms with Crippen molar-refractivity contribution in [1.82, 2.24) is 25.3 Å². The Labute approximate surface area is 162 Å². The molecule has 3 heterocycles. The van der Waals surface area contributed by atoms with Gasteiger partial charge in [0.05, 0.1) is 16.8 Å².